The highest BCUT2D eigenvalue weighted by Gasteiger charge is 2.16. The molecule has 1 heterocycles. The third-order valence-corrected chi connectivity index (χ3v) is 6.08. The summed E-state index contributed by atoms with van der Waals surface area (Å²) >= 11 is 0. The fourth-order valence-corrected chi connectivity index (χ4v) is 3.56. The molecule has 6 nitrogen and oxygen atoms in total. The number of ether oxygens (including phenoxy) is 1. The Morgan fingerprint density at radius 3 is 2.47 bits per heavy atom. The van der Waals surface area contributed by atoms with Crippen LogP contribution in [0, 0.1) is 5.82 Å². The van der Waals surface area contributed by atoms with Gasteiger partial charge in [0.25, 0.3) is 0 Å². The van der Waals surface area contributed by atoms with E-state index in [-0.39, 0.29) is 22.6 Å². The maximum absolute atomic E-state index is 14.4. The first-order valence-electron chi connectivity index (χ1n) is 9.77. The van der Waals surface area contributed by atoms with Crippen molar-refractivity contribution in [1.29, 1.82) is 0 Å². The van der Waals surface area contributed by atoms with Crippen molar-refractivity contribution in [2.45, 2.75) is 17.9 Å². The van der Waals surface area contributed by atoms with Gasteiger partial charge in [0.15, 0.2) is 21.4 Å². The third-order valence-electron chi connectivity index (χ3n) is 4.96. The number of hydrogen-bond acceptors (Lipinski definition) is 5. The lowest BCUT2D eigenvalue weighted by molar-refractivity contribution is -0.126. The number of pyridine rings is 1. The maximum Gasteiger partial charge on any atom is 0.246 e. The minimum atomic E-state index is -3.28. The summed E-state index contributed by atoms with van der Waals surface area (Å²) < 4.78 is 43.0. The topological polar surface area (TPSA) is 76.6 Å². The second-order valence-corrected chi connectivity index (χ2v) is 9.30. The molecule has 0 saturated heterocycles. The Kier molecular flexibility index (Phi) is 7.05. The number of carbonyl (C=O) groups is 1. The lowest BCUT2D eigenvalue weighted by Crippen LogP contribution is -2.28. The molecular formula is C24H23FN2O4S. The minimum absolute atomic E-state index is 0.0600. The molecule has 1 aromatic heterocycles. The number of rotatable bonds is 7. The van der Waals surface area contributed by atoms with Gasteiger partial charge in [-0.25, -0.2) is 12.8 Å². The van der Waals surface area contributed by atoms with Gasteiger partial charge in [-0.2, -0.15) is 0 Å². The van der Waals surface area contributed by atoms with E-state index in [1.807, 2.05) is 6.92 Å². The quantitative estimate of drug-likeness (QED) is 0.486. The summed E-state index contributed by atoms with van der Waals surface area (Å²) in [4.78, 5) is 18.2. The molecule has 0 aliphatic carbocycles. The monoisotopic (exact) mass is 454 g/mol. The molecule has 0 spiro atoms. The summed E-state index contributed by atoms with van der Waals surface area (Å²) in [6, 6.07) is 13.9. The van der Waals surface area contributed by atoms with E-state index in [1.165, 1.54) is 47.5 Å². The number of aromatic nitrogens is 1. The van der Waals surface area contributed by atoms with Crippen molar-refractivity contribution in [3.05, 3.63) is 90.0 Å². The molecule has 1 atom stereocenters. The van der Waals surface area contributed by atoms with Gasteiger partial charge in [0, 0.05) is 25.6 Å². The highest BCUT2D eigenvalue weighted by Crippen LogP contribution is 2.25. The smallest absolute Gasteiger partial charge is 0.246 e. The van der Waals surface area contributed by atoms with Gasteiger partial charge in [-0.3, -0.25) is 9.78 Å². The first kappa shape index (κ1) is 23.1. The summed E-state index contributed by atoms with van der Waals surface area (Å²) in [6.07, 6.45) is 7.10. The number of likely N-dealkylation sites (N-methyl/N-ethyl adjacent to an activating group) is 1. The van der Waals surface area contributed by atoms with E-state index in [0.29, 0.717) is 11.3 Å². The van der Waals surface area contributed by atoms with Crippen LogP contribution < -0.4 is 4.74 Å². The van der Waals surface area contributed by atoms with Crippen LogP contribution in [0.2, 0.25) is 0 Å². The van der Waals surface area contributed by atoms with Gasteiger partial charge >= 0.3 is 0 Å². The molecule has 0 radical (unpaired) electrons. The van der Waals surface area contributed by atoms with E-state index in [2.05, 4.69) is 4.98 Å². The number of carbonyl (C=O) groups excluding carboxylic acids is 1. The Hall–Kier alpha value is -3.52. The normalized spacial score (nSPS) is 12.5. The molecular weight excluding hydrogens is 431 g/mol. The number of benzene rings is 2. The van der Waals surface area contributed by atoms with E-state index >= 15 is 0 Å². The van der Waals surface area contributed by atoms with Gasteiger partial charge in [0.05, 0.1) is 17.1 Å². The van der Waals surface area contributed by atoms with Crippen LogP contribution in [0.4, 0.5) is 4.39 Å². The van der Waals surface area contributed by atoms with Crippen LogP contribution in [-0.4, -0.2) is 37.5 Å². The zero-order chi connectivity index (χ0) is 23.3. The summed E-state index contributed by atoms with van der Waals surface area (Å²) in [5, 5.41) is 0. The van der Waals surface area contributed by atoms with Crippen molar-refractivity contribution < 1.29 is 22.3 Å². The standard InChI is InChI=1S/C24H23FN2O4S/c1-17(19-8-10-21(11-9-19)32(3,29)30)27(2)24(28)13-7-18-6-12-23(22(25)15-18)31-20-5-4-14-26-16-20/h4-17H,1-3H3/b13-7+. The van der Waals surface area contributed by atoms with Crippen LogP contribution in [0.1, 0.15) is 24.1 Å². The van der Waals surface area contributed by atoms with E-state index in [0.717, 1.165) is 11.8 Å². The second-order valence-electron chi connectivity index (χ2n) is 7.28. The maximum atomic E-state index is 14.4. The molecule has 8 heteroatoms. The summed E-state index contributed by atoms with van der Waals surface area (Å²) in [7, 11) is -1.63. The molecule has 0 aliphatic rings. The minimum Gasteiger partial charge on any atom is -0.453 e. The zero-order valence-electron chi connectivity index (χ0n) is 17.9. The van der Waals surface area contributed by atoms with Crippen LogP contribution in [0.15, 0.2) is 78.0 Å². The average molecular weight is 455 g/mol. The lowest BCUT2D eigenvalue weighted by Gasteiger charge is -2.24. The Morgan fingerprint density at radius 1 is 1.16 bits per heavy atom. The van der Waals surface area contributed by atoms with Crippen LogP contribution in [-0.2, 0) is 14.6 Å². The molecule has 0 fully saturated rings. The SMILES string of the molecule is CC(c1ccc(S(C)(=O)=O)cc1)N(C)C(=O)/C=C/c1ccc(Oc2cccnc2)c(F)c1. The van der Waals surface area contributed by atoms with Gasteiger partial charge in [-0.1, -0.05) is 18.2 Å². The average Bonchev–Trinajstić information content (AvgIpc) is 2.78. The number of sulfone groups is 1. The number of amides is 1. The number of hydrogen-bond donors (Lipinski definition) is 0. The fourth-order valence-electron chi connectivity index (χ4n) is 2.93. The summed E-state index contributed by atoms with van der Waals surface area (Å²) in [6.45, 7) is 1.84. The van der Waals surface area contributed by atoms with E-state index in [1.54, 1.807) is 43.6 Å². The van der Waals surface area contributed by atoms with E-state index < -0.39 is 15.7 Å². The molecule has 166 valence electrons. The molecule has 3 aromatic rings. The number of halogens is 1. The van der Waals surface area contributed by atoms with Gasteiger partial charge in [0.2, 0.25) is 5.91 Å². The molecule has 0 bridgehead atoms. The van der Waals surface area contributed by atoms with Crippen LogP contribution in [0.25, 0.3) is 6.08 Å². The molecule has 0 saturated carbocycles. The molecule has 2 aromatic carbocycles. The predicted octanol–water partition coefficient (Wildman–Crippen LogP) is 4.65. The van der Waals surface area contributed by atoms with Gasteiger partial charge in [-0.15, -0.1) is 0 Å². The van der Waals surface area contributed by atoms with Crippen LogP contribution >= 0.6 is 0 Å². The molecule has 32 heavy (non-hydrogen) atoms. The van der Waals surface area contributed by atoms with Crippen LogP contribution in [0.5, 0.6) is 11.5 Å². The summed E-state index contributed by atoms with van der Waals surface area (Å²) in [5.41, 5.74) is 1.30. The Balaban J connectivity index is 1.66. The van der Waals surface area contributed by atoms with Crippen LogP contribution in [0.3, 0.4) is 0 Å². The number of nitrogens with zero attached hydrogens (tertiary/aromatic N) is 2. The largest absolute Gasteiger partial charge is 0.453 e. The van der Waals surface area contributed by atoms with Crippen molar-refractivity contribution in [3.63, 3.8) is 0 Å². The Morgan fingerprint density at radius 2 is 1.88 bits per heavy atom. The highest BCUT2D eigenvalue weighted by atomic mass is 32.2. The third kappa shape index (κ3) is 5.79. The Bertz CT molecular complexity index is 1230. The first-order valence-corrected chi connectivity index (χ1v) is 11.7. The molecule has 3 rings (SSSR count). The fraction of sp³-hybridized carbons (Fsp3) is 0.167. The molecule has 1 amide bonds. The van der Waals surface area contributed by atoms with Gasteiger partial charge in [-0.05, 0) is 60.5 Å². The van der Waals surface area contributed by atoms with Crippen molar-refractivity contribution in [2.24, 2.45) is 0 Å². The second kappa shape index (κ2) is 9.74. The van der Waals surface area contributed by atoms with Gasteiger partial charge < -0.3 is 9.64 Å². The van der Waals surface area contributed by atoms with Crippen molar-refractivity contribution in [3.8, 4) is 11.5 Å². The first-order chi connectivity index (χ1) is 15.1. The molecule has 0 aliphatic heterocycles. The highest BCUT2D eigenvalue weighted by molar-refractivity contribution is 7.90. The molecule has 0 N–H and O–H groups in total. The van der Waals surface area contributed by atoms with Crippen molar-refractivity contribution >= 4 is 21.8 Å². The molecule has 1 unspecified atom stereocenters. The van der Waals surface area contributed by atoms with Gasteiger partial charge in [0.1, 0.15) is 5.75 Å². The van der Waals surface area contributed by atoms with Crippen molar-refractivity contribution in [2.75, 3.05) is 13.3 Å². The van der Waals surface area contributed by atoms with Crippen molar-refractivity contribution in [1.82, 2.24) is 9.88 Å². The predicted molar refractivity (Wildman–Crippen MR) is 120 cm³/mol. The lowest BCUT2D eigenvalue weighted by atomic mass is 10.1. The van der Waals surface area contributed by atoms with E-state index in [9.17, 15) is 17.6 Å². The summed E-state index contributed by atoms with van der Waals surface area (Å²) in [5.74, 6) is -0.355. The zero-order valence-corrected chi connectivity index (χ0v) is 18.7. The Labute approximate surface area is 186 Å². The van der Waals surface area contributed by atoms with E-state index in [4.69, 9.17) is 4.74 Å².